The summed E-state index contributed by atoms with van der Waals surface area (Å²) < 4.78 is 24.8. The van der Waals surface area contributed by atoms with E-state index in [0.717, 1.165) is 0 Å². The minimum atomic E-state index is -1.12. The summed E-state index contributed by atoms with van der Waals surface area (Å²) in [6.07, 6.45) is 2.07. The lowest BCUT2D eigenvalue weighted by atomic mass is 9.95. The second-order valence-electron chi connectivity index (χ2n) is 8.48. The number of nitrogens with one attached hydrogen (secondary N) is 3. The molecule has 1 aliphatic heterocycles. The van der Waals surface area contributed by atoms with Crippen molar-refractivity contribution in [3.8, 4) is 11.5 Å². The lowest BCUT2D eigenvalue weighted by Gasteiger charge is -2.35. The largest absolute Gasteiger partial charge is 0.454 e. The molecule has 1 amide bonds. The van der Waals surface area contributed by atoms with Crippen molar-refractivity contribution < 1.29 is 23.8 Å². The Kier molecular flexibility index (Phi) is 5.84. The first-order valence-corrected chi connectivity index (χ1v) is 11.2. The zero-order chi connectivity index (χ0) is 24.7. The third kappa shape index (κ3) is 4.07. The van der Waals surface area contributed by atoms with Crippen molar-refractivity contribution in [2.45, 2.75) is 18.6 Å². The van der Waals surface area contributed by atoms with Gasteiger partial charge in [0.15, 0.2) is 11.6 Å². The van der Waals surface area contributed by atoms with Crippen molar-refractivity contribution >= 4 is 39.9 Å². The molecule has 0 fully saturated rings. The highest BCUT2D eigenvalue weighted by atomic mass is 35.5. The molecule has 0 radical (unpaired) electrons. The van der Waals surface area contributed by atoms with Crippen LogP contribution < -0.4 is 15.4 Å². The van der Waals surface area contributed by atoms with Crippen LogP contribution in [-0.4, -0.2) is 40.2 Å². The van der Waals surface area contributed by atoms with E-state index in [0.29, 0.717) is 39.3 Å². The number of methoxy groups -OCH3 is 1. The second kappa shape index (κ2) is 8.84. The number of halogens is 2. The lowest BCUT2D eigenvalue weighted by Crippen LogP contribution is -2.53. The van der Waals surface area contributed by atoms with E-state index >= 15 is 0 Å². The summed E-state index contributed by atoms with van der Waals surface area (Å²) in [7, 11) is 1.52. The summed E-state index contributed by atoms with van der Waals surface area (Å²) in [4.78, 5) is 20.1. The topological polar surface area (TPSA) is 108 Å². The first-order chi connectivity index (χ1) is 16.8. The van der Waals surface area contributed by atoms with Gasteiger partial charge in [0.25, 0.3) is 5.91 Å². The standard InChI is InChI=1S/C25H22ClFN4O4/c1-25(12-34-2)24(33)30-18-11-29-23-20(21(18)31-25)15(10-28-23)22(32)14-8-7-13(9-16(14)26)35-19-6-4-3-5-17(19)27/h3-11,22,31-32H,12H2,1-2H3,(H,28,29)(H,30,33)/t22?,25-/m0/s1. The fourth-order valence-corrected chi connectivity index (χ4v) is 4.43. The van der Waals surface area contributed by atoms with Crippen molar-refractivity contribution in [2.75, 3.05) is 24.4 Å². The highest BCUT2D eigenvalue weighted by molar-refractivity contribution is 6.31. The van der Waals surface area contributed by atoms with Crippen molar-refractivity contribution in [1.82, 2.24) is 9.97 Å². The molecule has 5 rings (SSSR count). The summed E-state index contributed by atoms with van der Waals surface area (Å²) in [5, 5.41) is 18.3. The Labute approximate surface area is 205 Å². The number of hydrogen-bond acceptors (Lipinski definition) is 6. The summed E-state index contributed by atoms with van der Waals surface area (Å²) in [6.45, 7) is 1.87. The zero-order valence-electron chi connectivity index (χ0n) is 18.9. The fraction of sp³-hybridized carbons (Fsp3) is 0.200. The van der Waals surface area contributed by atoms with E-state index in [9.17, 15) is 14.3 Å². The lowest BCUT2D eigenvalue weighted by molar-refractivity contribution is -0.121. The van der Waals surface area contributed by atoms with Gasteiger partial charge in [-0.05, 0) is 31.2 Å². The van der Waals surface area contributed by atoms with Gasteiger partial charge in [-0.2, -0.15) is 0 Å². The van der Waals surface area contributed by atoms with E-state index in [-0.39, 0.29) is 23.3 Å². The van der Waals surface area contributed by atoms with Crippen LogP contribution >= 0.6 is 11.6 Å². The van der Waals surface area contributed by atoms with Crippen LogP contribution in [0.2, 0.25) is 5.02 Å². The Morgan fingerprint density at radius 1 is 1.23 bits per heavy atom. The van der Waals surface area contributed by atoms with Gasteiger partial charge in [0.2, 0.25) is 0 Å². The van der Waals surface area contributed by atoms with Crippen LogP contribution in [0.15, 0.2) is 54.9 Å². The van der Waals surface area contributed by atoms with Gasteiger partial charge in [0.1, 0.15) is 23.0 Å². The molecule has 180 valence electrons. The number of rotatable bonds is 6. The second-order valence-corrected chi connectivity index (χ2v) is 8.88. The number of pyridine rings is 1. The molecule has 4 aromatic rings. The first kappa shape index (κ1) is 23.1. The number of aromatic amines is 1. The maximum absolute atomic E-state index is 13.9. The maximum atomic E-state index is 13.9. The number of aromatic nitrogens is 2. The quantitative estimate of drug-likeness (QED) is 0.299. The van der Waals surface area contributed by atoms with Gasteiger partial charge in [-0.3, -0.25) is 4.79 Å². The monoisotopic (exact) mass is 496 g/mol. The molecule has 4 N–H and O–H groups in total. The Hall–Kier alpha value is -3.66. The number of para-hydroxylation sites is 1. The Morgan fingerprint density at radius 2 is 2.03 bits per heavy atom. The number of hydrogen-bond donors (Lipinski definition) is 4. The molecule has 3 heterocycles. The summed E-state index contributed by atoms with van der Waals surface area (Å²) in [6, 6.07) is 10.8. The molecule has 1 unspecified atom stereocenters. The smallest absolute Gasteiger partial charge is 0.252 e. The minimum Gasteiger partial charge on any atom is -0.454 e. The van der Waals surface area contributed by atoms with E-state index in [2.05, 4.69) is 20.6 Å². The zero-order valence-corrected chi connectivity index (χ0v) is 19.6. The highest BCUT2D eigenvalue weighted by Gasteiger charge is 2.39. The van der Waals surface area contributed by atoms with E-state index in [1.165, 1.54) is 25.3 Å². The molecule has 0 bridgehead atoms. The predicted octanol–water partition coefficient (Wildman–Crippen LogP) is 5.00. The molecule has 2 aromatic heterocycles. The van der Waals surface area contributed by atoms with Gasteiger partial charge in [0.05, 0.1) is 34.6 Å². The van der Waals surface area contributed by atoms with Gasteiger partial charge in [-0.25, -0.2) is 9.37 Å². The predicted molar refractivity (Wildman–Crippen MR) is 131 cm³/mol. The number of H-pyrrole nitrogens is 1. The number of fused-ring (bicyclic) bond motifs is 3. The van der Waals surface area contributed by atoms with Crippen LogP contribution in [0.4, 0.5) is 15.8 Å². The van der Waals surface area contributed by atoms with Gasteiger partial charge >= 0.3 is 0 Å². The third-order valence-electron chi connectivity index (χ3n) is 5.94. The number of amides is 1. The van der Waals surface area contributed by atoms with Crippen molar-refractivity contribution in [3.05, 3.63) is 76.8 Å². The third-order valence-corrected chi connectivity index (χ3v) is 6.27. The van der Waals surface area contributed by atoms with E-state index in [1.54, 1.807) is 43.6 Å². The van der Waals surface area contributed by atoms with Crippen LogP contribution in [0.1, 0.15) is 24.2 Å². The minimum absolute atomic E-state index is 0.0680. The van der Waals surface area contributed by atoms with Gasteiger partial charge in [0, 0.05) is 24.4 Å². The molecule has 35 heavy (non-hydrogen) atoms. The Balaban J connectivity index is 1.51. The maximum Gasteiger partial charge on any atom is 0.252 e. The number of carbonyl (C=O) groups excluding carboxylic acids is 1. The molecule has 0 saturated carbocycles. The summed E-state index contributed by atoms with van der Waals surface area (Å²) >= 11 is 6.50. The molecule has 1 aliphatic rings. The first-order valence-electron chi connectivity index (χ1n) is 10.8. The molecule has 0 saturated heterocycles. The molecule has 0 aliphatic carbocycles. The van der Waals surface area contributed by atoms with Crippen LogP contribution in [0.3, 0.4) is 0 Å². The average molecular weight is 497 g/mol. The molecule has 10 heteroatoms. The van der Waals surface area contributed by atoms with Crippen molar-refractivity contribution in [1.29, 1.82) is 0 Å². The van der Waals surface area contributed by atoms with Crippen LogP contribution in [-0.2, 0) is 9.53 Å². The van der Waals surface area contributed by atoms with Gasteiger partial charge < -0.3 is 30.2 Å². The molecule has 2 aromatic carbocycles. The van der Waals surface area contributed by atoms with Gasteiger partial charge in [-0.15, -0.1) is 0 Å². The number of aliphatic hydroxyl groups excluding tert-OH is 1. The number of aliphatic hydroxyl groups is 1. The van der Waals surface area contributed by atoms with Crippen molar-refractivity contribution in [3.63, 3.8) is 0 Å². The Morgan fingerprint density at radius 3 is 2.77 bits per heavy atom. The van der Waals surface area contributed by atoms with Gasteiger partial charge in [-0.1, -0.05) is 29.8 Å². The van der Waals surface area contributed by atoms with Crippen LogP contribution in [0.5, 0.6) is 11.5 Å². The van der Waals surface area contributed by atoms with Crippen LogP contribution in [0.25, 0.3) is 11.0 Å². The molecular formula is C25H22ClFN4O4. The number of anilines is 2. The highest BCUT2D eigenvalue weighted by Crippen LogP contribution is 2.42. The van der Waals surface area contributed by atoms with E-state index in [1.807, 2.05) is 0 Å². The molecule has 0 spiro atoms. The number of nitrogens with zero attached hydrogens (tertiary/aromatic N) is 1. The molecule has 8 nitrogen and oxygen atoms in total. The number of carbonyl (C=O) groups is 1. The van der Waals surface area contributed by atoms with Crippen LogP contribution in [0, 0.1) is 5.82 Å². The van der Waals surface area contributed by atoms with E-state index < -0.39 is 17.5 Å². The van der Waals surface area contributed by atoms with E-state index in [4.69, 9.17) is 21.1 Å². The fourth-order valence-electron chi connectivity index (χ4n) is 4.16. The SMILES string of the molecule is COC[C@]1(C)Nc2c(cnc3[nH]cc(C(O)c4ccc(Oc5ccccc5F)cc4Cl)c23)NC1=O. The van der Waals surface area contributed by atoms with Crippen molar-refractivity contribution in [2.24, 2.45) is 0 Å². The number of ether oxygens (including phenoxy) is 2. The molecule has 2 atom stereocenters. The normalized spacial score (nSPS) is 18.0. The average Bonchev–Trinajstić information content (AvgIpc) is 3.26. The summed E-state index contributed by atoms with van der Waals surface area (Å²) in [5.74, 6) is -0.352. The number of benzene rings is 2. The summed E-state index contributed by atoms with van der Waals surface area (Å²) in [5.41, 5.74) is 1.54. The Bertz CT molecular complexity index is 1440. The molecular weight excluding hydrogens is 475 g/mol.